The van der Waals surface area contributed by atoms with Crippen molar-refractivity contribution in [3.05, 3.63) is 23.3 Å². The van der Waals surface area contributed by atoms with Crippen molar-refractivity contribution in [1.29, 1.82) is 0 Å². The number of hydrogen-bond donors (Lipinski definition) is 1. The van der Waals surface area contributed by atoms with Crippen LogP contribution in [0.4, 0.5) is 0 Å². The number of piperidine rings is 1. The van der Waals surface area contributed by atoms with Crippen LogP contribution in [-0.2, 0) is 11.2 Å². The molecular formula is C18H27NO3. The summed E-state index contributed by atoms with van der Waals surface area (Å²) in [4.78, 5) is 2.53. The molecule has 1 fully saturated rings. The first-order valence-corrected chi connectivity index (χ1v) is 8.19. The molecule has 2 heterocycles. The molecule has 0 aliphatic carbocycles. The predicted octanol–water partition coefficient (Wildman–Crippen LogP) is 3.28. The van der Waals surface area contributed by atoms with Crippen LogP contribution in [0, 0.1) is 0 Å². The van der Waals surface area contributed by atoms with Gasteiger partial charge in [-0.25, -0.2) is 0 Å². The molecule has 1 N–H and O–H groups in total. The second-order valence-electron chi connectivity index (χ2n) is 7.41. The van der Waals surface area contributed by atoms with Gasteiger partial charge in [0.25, 0.3) is 0 Å². The minimum absolute atomic E-state index is 0.0831. The van der Waals surface area contributed by atoms with Crippen LogP contribution in [0.1, 0.15) is 50.8 Å². The lowest BCUT2D eigenvalue weighted by Crippen LogP contribution is -2.47. The Morgan fingerprint density at radius 3 is 2.68 bits per heavy atom. The molecule has 0 saturated carbocycles. The topological polar surface area (TPSA) is 41.9 Å². The van der Waals surface area contributed by atoms with E-state index in [1.54, 1.807) is 7.11 Å². The molecule has 0 spiro atoms. The second-order valence-corrected chi connectivity index (χ2v) is 7.41. The molecule has 3 rings (SSSR count). The smallest absolute Gasteiger partial charge is 0.160 e. The molecule has 1 aromatic rings. The summed E-state index contributed by atoms with van der Waals surface area (Å²) in [6.45, 7) is 8.40. The number of rotatable bonds is 2. The molecule has 0 radical (unpaired) electrons. The van der Waals surface area contributed by atoms with Crippen molar-refractivity contribution in [2.24, 2.45) is 0 Å². The molecule has 0 bridgehead atoms. The fourth-order valence-corrected chi connectivity index (χ4v) is 3.78. The highest BCUT2D eigenvalue weighted by Crippen LogP contribution is 2.42. The van der Waals surface area contributed by atoms with Gasteiger partial charge in [-0.15, -0.1) is 0 Å². The van der Waals surface area contributed by atoms with Gasteiger partial charge in [0.05, 0.1) is 18.8 Å². The zero-order valence-corrected chi connectivity index (χ0v) is 14.1. The molecule has 1 aromatic carbocycles. The number of ether oxygens (including phenoxy) is 2. The molecule has 122 valence electrons. The third-order valence-electron chi connectivity index (χ3n) is 4.63. The molecule has 0 aromatic heterocycles. The SMILES string of the molecule is COc1cc2c(cc1O)CCN1CC(OC(C)(C)C)CCC21. The summed E-state index contributed by atoms with van der Waals surface area (Å²) >= 11 is 0. The molecule has 2 atom stereocenters. The molecule has 2 unspecified atom stereocenters. The number of aromatic hydroxyl groups is 1. The quantitative estimate of drug-likeness (QED) is 0.910. The molecular weight excluding hydrogens is 278 g/mol. The average Bonchev–Trinajstić information content (AvgIpc) is 2.44. The monoisotopic (exact) mass is 305 g/mol. The summed E-state index contributed by atoms with van der Waals surface area (Å²) in [5.41, 5.74) is 2.49. The zero-order chi connectivity index (χ0) is 15.9. The Morgan fingerprint density at radius 2 is 2.00 bits per heavy atom. The first-order chi connectivity index (χ1) is 10.4. The van der Waals surface area contributed by atoms with Gasteiger partial charge in [0.15, 0.2) is 11.5 Å². The third kappa shape index (κ3) is 3.08. The number of phenolic OH excluding ortho intramolecular Hbond substituents is 1. The highest BCUT2D eigenvalue weighted by Gasteiger charge is 2.35. The van der Waals surface area contributed by atoms with Crippen LogP contribution >= 0.6 is 0 Å². The fraction of sp³-hybridized carbons (Fsp3) is 0.667. The zero-order valence-electron chi connectivity index (χ0n) is 14.1. The van der Waals surface area contributed by atoms with Crippen molar-refractivity contribution in [3.63, 3.8) is 0 Å². The Morgan fingerprint density at radius 1 is 1.23 bits per heavy atom. The lowest BCUT2D eigenvalue weighted by molar-refractivity contribution is -0.0971. The summed E-state index contributed by atoms with van der Waals surface area (Å²) in [6.07, 6.45) is 3.48. The minimum atomic E-state index is -0.0831. The van der Waals surface area contributed by atoms with Crippen LogP contribution in [0.15, 0.2) is 12.1 Å². The van der Waals surface area contributed by atoms with Crippen molar-refractivity contribution >= 4 is 0 Å². The number of nitrogens with zero attached hydrogens (tertiary/aromatic N) is 1. The summed E-state index contributed by atoms with van der Waals surface area (Å²) in [7, 11) is 1.61. The Labute approximate surface area is 133 Å². The molecule has 0 amide bonds. The third-order valence-corrected chi connectivity index (χ3v) is 4.63. The van der Waals surface area contributed by atoms with Crippen LogP contribution in [0.3, 0.4) is 0 Å². The number of hydrogen-bond acceptors (Lipinski definition) is 4. The van der Waals surface area contributed by atoms with E-state index in [0.717, 1.165) is 32.4 Å². The van der Waals surface area contributed by atoms with Gasteiger partial charge < -0.3 is 14.6 Å². The number of benzene rings is 1. The van der Waals surface area contributed by atoms with Crippen molar-refractivity contribution in [3.8, 4) is 11.5 Å². The number of methoxy groups -OCH3 is 1. The first kappa shape index (κ1) is 15.6. The van der Waals surface area contributed by atoms with E-state index in [9.17, 15) is 5.11 Å². The maximum atomic E-state index is 9.97. The highest BCUT2D eigenvalue weighted by atomic mass is 16.5. The highest BCUT2D eigenvalue weighted by molar-refractivity contribution is 5.48. The van der Waals surface area contributed by atoms with Crippen molar-refractivity contribution < 1.29 is 14.6 Å². The van der Waals surface area contributed by atoms with E-state index < -0.39 is 0 Å². The van der Waals surface area contributed by atoms with Gasteiger partial charge in [-0.2, -0.15) is 0 Å². The van der Waals surface area contributed by atoms with E-state index in [1.165, 1.54) is 11.1 Å². The van der Waals surface area contributed by atoms with E-state index in [0.29, 0.717) is 17.9 Å². The summed E-state index contributed by atoms with van der Waals surface area (Å²) < 4.78 is 11.5. The van der Waals surface area contributed by atoms with E-state index >= 15 is 0 Å². The lowest BCUT2D eigenvalue weighted by Gasteiger charge is -2.44. The van der Waals surface area contributed by atoms with Gasteiger partial charge in [-0.05, 0) is 63.3 Å². The van der Waals surface area contributed by atoms with Crippen LogP contribution in [0.2, 0.25) is 0 Å². The van der Waals surface area contributed by atoms with Gasteiger partial charge in [0.2, 0.25) is 0 Å². The van der Waals surface area contributed by atoms with E-state index in [4.69, 9.17) is 9.47 Å². The Hall–Kier alpha value is -1.26. The maximum absolute atomic E-state index is 9.97. The van der Waals surface area contributed by atoms with E-state index in [1.807, 2.05) is 12.1 Å². The summed E-state index contributed by atoms with van der Waals surface area (Å²) in [5.74, 6) is 0.827. The van der Waals surface area contributed by atoms with Gasteiger partial charge >= 0.3 is 0 Å². The normalized spacial score (nSPS) is 25.5. The van der Waals surface area contributed by atoms with Gasteiger partial charge in [0.1, 0.15) is 0 Å². The van der Waals surface area contributed by atoms with Gasteiger partial charge in [-0.1, -0.05) is 0 Å². The molecule has 4 heteroatoms. The number of fused-ring (bicyclic) bond motifs is 3. The Kier molecular flexibility index (Phi) is 4.08. The van der Waals surface area contributed by atoms with Crippen molar-refractivity contribution in [1.82, 2.24) is 4.90 Å². The standard InChI is InChI=1S/C18H27NO3/c1-18(2,3)22-13-5-6-15-14-10-17(21-4)16(20)9-12(14)7-8-19(15)11-13/h9-10,13,15,20H,5-8,11H2,1-4H3. The van der Waals surface area contributed by atoms with Crippen LogP contribution in [-0.4, -0.2) is 41.9 Å². The van der Waals surface area contributed by atoms with E-state index in [-0.39, 0.29) is 11.4 Å². The minimum Gasteiger partial charge on any atom is -0.504 e. The molecule has 4 nitrogen and oxygen atoms in total. The van der Waals surface area contributed by atoms with E-state index in [2.05, 4.69) is 25.7 Å². The van der Waals surface area contributed by atoms with Crippen LogP contribution in [0.5, 0.6) is 11.5 Å². The molecule has 1 saturated heterocycles. The van der Waals surface area contributed by atoms with Crippen LogP contribution in [0.25, 0.3) is 0 Å². The Bertz CT molecular complexity index is 550. The van der Waals surface area contributed by atoms with Crippen LogP contribution < -0.4 is 4.74 Å². The molecule has 22 heavy (non-hydrogen) atoms. The maximum Gasteiger partial charge on any atom is 0.160 e. The van der Waals surface area contributed by atoms with Crippen molar-refractivity contribution in [2.45, 2.75) is 57.8 Å². The average molecular weight is 305 g/mol. The largest absolute Gasteiger partial charge is 0.504 e. The van der Waals surface area contributed by atoms with Gasteiger partial charge in [-0.3, -0.25) is 4.90 Å². The predicted molar refractivity (Wildman–Crippen MR) is 86.5 cm³/mol. The lowest BCUT2D eigenvalue weighted by atomic mass is 9.85. The number of phenols is 1. The first-order valence-electron chi connectivity index (χ1n) is 8.19. The summed E-state index contributed by atoms with van der Waals surface area (Å²) in [5, 5.41) is 9.97. The second kappa shape index (κ2) is 5.74. The van der Waals surface area contributed by atoms with Crippen molar-refractivity contribution in [2.75, 3.05) is 20.2 Å². The fourth-order valence-electron chi connectivity index (χ4n) is 3.78. The molecule has 2 aliphatic rings. The van der Waals surface area contributed by atoms with Gasteiger partial charge in [0, 0.05) is 19.1 Å². The summed E-state index contributed by atoms with van der Waals surface area (Å²) in [6, 6.07) is 4.33. The Balaban J connectivity index is 1.79. The molecule has 2 aliphatic heterocycles.